The molecule has 0 bridgehead atoms. The molecular formula is C17H15N7O4. The van der Waals surface area contributed by atoms with Gasteiger partial charge in [-0.3, -0.25) is 9.78 Å². The summed E-state index contributed by atoms with van der Waals surface area (Å²) in [6.45, 7) is 0.216. The van der Waals surface area contributed by atoms with Crippen LogP contribution in [0.5, 0.6) is 5.75 Å². The molecule has 0 aliphatic carbocycles. The van der Waals surface area contributed by atoms with Crippen LogP contribution in [0, 0.1) is 10.1 Å². The number of rotatable bonds is 7. The minimum atomic E-state index is -0.665. The van der Waals surface area contributed by atoms with Crippen LogP contribution < -0.4 is 10.2 Å². The molecule has 28 heavy (non-hydrogen) atoms. The largest absolute Gasteiger partial charge is 0.496 e. The Morgan fingerprint density at radius 1 is 1.43 bits per heavy atom. The van der Waals surface area contributed by atoms with Gasteiger partial charge in [-0.1, -0.05) is 4.98 Å². The highest BCUT2D eigenvalue weighted by Crippen LogP contribution is 2.20. The Hall–Kier alpha value is -4.15. The van der Waals surface area contributed by atoms with Gasteiger partial charge in [0, 0.05) is 23.1 Å². The lowest BCUT2D eigenvalue weighted by atomic mass is 10.1. The smallest absolute Gasteiger partial charge is 0.490 e. The van der Waals surface area contributed by atoms with Crippen molar-refractivity contribution in [1.82, 2.24) is 25.2 Å². The molecule has 11 heteroatoms. The third-order valence-electron chi connectivity index (χ3n) is 3.63. The number of benzene rings is 1. The molecule has 0 aliphatic rings. The zero-order valence-corrected chi connectivity index (χ0v) is 14.7. The number of hydrogen-bond acceptors (Lipinski definition) is 8. The second-order valence-electron chi connectivity index (χ2n) is 5.51. The molecule has 3 aromatic rings. The standard InChI is InChI=1S/C17H15N7O4/c1-28-15-5-4-12(8-20-21-16(25)13-3-2-6-18-9-13)7-14(15)10-23-11-19-17(22-23)24(26)27/h2-9,11H,10H2,1H3,(H,21,25)/b20-8-. The molecule has 11 nitrogen and oxygen atoms in total. The van der Waals surface area contributed by atoms with E-state index in [-0.39, 0.29) is 12.5 Å². The van der Waals surface area contributed by atoms with Gasteiger partial charge in [0.1, 0.15) is 5.75 Å². The van der Waals surface area contributed by atoms with Crippen molar-refractivity contribution in [2.24, 2.45) is 5.10 Å². The van der Waals surface area contributed by atoms with Gasteiger partial charge in [-0.15, -0.1) is 0 Å². The van der Waals surface area contributed by atoms with Crippen LogP contribution in [0.3, 0.4) is 0 Å². The van der Waals surface area contributed by atoms with E-state index in [2.05, 4.69) is 25.6 Å². The van der Waals surface area contributed by atoms with Crippen LogP contribution >= 0.6 is 0 Å². The number of nitrogens with zero attached hydrogens (tertiary/aromatic N) is 6. The van der Waals surface area contributed by atoms with Crippen molar-refractivity contribution >= 4 is 18.1 Å². The molecule has 1 aromatic carbocycles. The zero-order valence-electron chi connectivity index (χ0n) is 14.7. The second kappa shape index (κ2) is 8.49. The second-order valence-corrected chi connectivity index (χ2v) is 5.51. The van der Waals surface area contributed by atoms with Crippen molar-refractivity contribution in [1.29, 1.82) is 0 Å². The summed E-state index contributed by atoms with van der Waals surface area (Å²) < 4.78 is 6.65. The lowest BCUT2D eigenvalue weighted by Gasteiger charge is -2.08. The monoisotopic (exact) mass is 381 g/mol. The third kappa shape index (κ3) is 4.52. The van der Waals surface area contributed by atoms with E-state index >= 15 is 0 Å². The molecule has 0 saturated carbocycles. The minimum absolute atomic E-state index is 0.216. The van der Waals surface area contributed by atoms with Gasteiger partial charge in [-0.25, -0.2) is 5.43 Å². The van der Waals surface area contributed by atoms with E-state index in [0.717, 1.165) is 0 Å². The molecule has 0 atom stereocenters. The molecule has 0 radical (unpaired) electrons. The Bertz CT molecular complexity index is 1020. The average Bonchev–Trinajstić information content (AvgIpc) is 3.18. The lowest BCUT2D eigenvalue weighted by molar-refractivity contribution is -0.394. The van der Waals surface area contributed by atoms with E-state index in [4.69, 9.17) is 4.74 Å². The molecule has 1 N–H and O–H groups in total. The minimum Gasteiger partial charge on any atom is -0.496 e. The topological polar surface area (TPSA) is 137 Å². The van der Waals surface area contributed by atoms with Crippen molar-refractivity contribution in [3.05, 3.63) is 75.9 Å². The zero-order chi connectivity index (χ0) is 19.9. The fourth-order valence-corrected chi connectivity index (χ4v) is 2.35. The lowest BCUT2D eigenvalue weighted by Crippen LogP contribution is -2.17. The van der Waals surface area contributed by atoms with Gasteiger partial charge in [-0.05, 0) is 40.8 Å². The first-order chi connectivity index (χ1) is 13.6. The SMILES string of the molecule is COc1ccc(/C=N\NC(=O)c2cccnc2)cc1Cn1cnc([N+](=O)[O-])n1. The Morgan fingerprint density at radius 3 is 2.96 bits per heavy atom. The summed E-state index contributed by atoms with van der Waals surface area (Å²) in [4.78, 5) is 29.5. The van der Waals surface area contributed by atoms with Gasteiger partial charge in [-0.2, -0.15) is 9.78 Å². The number of carbonyl (C=O) groups is 1. The summed E-state index contributed by atoms with van der Waals surface area (Å²) >= 11 is 0. The van der Waals surface area contributed by atoms with E-state index in [0.29, 0.717) is 22.4 Å². The summed E-state index contributed by atoms with van der Waals surface area (Å²) in [6, 6.07) is 8.53. The summed E-state index contributed by atoms with van der Waals surface area (Å²) in [6.07, 6.45) is 5.75. The van der Waals surface area contributed by atoms with Gasteiger partial charge in [0.15, 0.2) is 0 Å². The van der Waals surface area contributed by atoms with Crippen molar-refractivity contribution in [2.45, 2.75) is 6.54 Å². The van der Waals surface area contributed by atoms with Crippen LogP contribution in [-0.2, 0) is 6.54 Å². The summed E-state index contributed by atoms with van der Waals surface area (Å²) in [7, 11) is 1.52. The van der Waals surface area contributed by atoms with Crippen molar-refractivity contribution < 1.29 is 14.5 Å². The van der Waals surface area contributed by atoms with Crippen LogP contribution in [0.25, 0.3) is 0 Å². The van der Waals surface area contributed by atoms with Crippen LogP contribution in [0.15, 0.2) is 54.2 Å². The number of amides is 1. The molecule has 0 fully saturated rings. The molecule has 2 aromatic heterocycles. The summed E-state index contributed by atoms with van der Waals surface area (Å²) in [5.74, 6) is -0.280. The first-order valence-electron chi connectivity index (χ1n) is 8.01. The van der Waals surface area contributed by atoms with Crippen molar-refractivity contribution in [3.8, 4) is 5.75 Å². The van der Waals surface area contributed by atoms with Crippen LogP contribution in [0.4, 0.5) is 5.95 Å². The molecule has 0 spiro atoms. The van der Waals surface area contributed by atoms with E-state index < -0.39 is 10.9 Å². The van der Waals surface area contributed by atoms with Gasteiger partial charge in [0.2, 0.25) is 6.33 Å². The van der Waals surface area contributed by atoms with Gasteiger partial charge >= 0.3 is 5.95 Å². The Balaban J connectivity index is 1.72. The highest BCUT2D eigenvalue weighted by molar-refractivity contribution is 5.94. The number of carbonyl (C=O) groups excluding carboxylic acids is 1. The number of hydrogen-bond donors (Lipinski definition) is 1. The molecule has 0 unspecified atom stereocenters. The Labute approximate surface area is 158 Å². The first-order valence-corrected chi connectivity index (χ1v) is 8.01. The Morgan fingerprint density at radius 2 is 2.29 bits per heavy atom. The van der Waals surface area contributed by atoms with Crippen LogP contribution in [0.1, 0.15) is 21.5 Å². The number of pyridine rings is 1. The number of nitro groups is 1. The average molecular weight is 381 g/mol. The predicted octanol–water partition coefficient (Wildman–Crippen LogP) is 1.40. The molecule has 2 heterocycles. The first kappa shape index (κ1) is 18.6. The highest BCUT2D eigenvalue weighted by Gasteiger charge is 2.15. The highest BCUT2D eigenvalue weighted by atomic mass is 16.6. The normalized spacial score (nSPS) is 10.8. The molecule has 1 amide bonds. The number of aromatic nitrogens is 4. The quantitative estimate of drug-likeness (QED) is 0.371. The molecule has 3 rings (SSSR count). The van der Waals surface area contributed by atoms with Gasteiger partial charge in [0.05, 0.1) is 25.4 Å². The van der Waals surface area contributed by atoms with E-state index in [9.17, 15) is 14.9 Å². The maximum absolute atomic E-state index is 11.9. The third-order valence-corrected chi connectivity index (χ3v) is 3.63. The fourth-order valence-electron chi connectivity index (χ4n) is 2.35. The maximum Gasteiger partial charge on any atom is 0.490 e. The molecule has 0 aliphatic heterocycles. The number of hydrazone groups is 1. The summed E-state index contributed by atoms with van der Waals surface area (Å²) in [5, 5.41) is 18.4. The molecule has 0 saturated heterocycles. The fraction of sp³-hybridized carbons (Fsp3) is 0.118. The van der Waals surface area contributed by atoms with Crippen LogP contribution in [-0.4, -0.2) is 43.9 Å². The van der Waals surface area contributed by atoms with Crippen LogP contribution in [0.2, 0.25) is 0 Å². The summed E-state index contributed by atoms with van der Waals surface area (Å²) in [5.41, 5.74) is 4.21. The number of nitrogens with one attached hydrogen (secondary N) is 1. The maximum atomic E-state index is 11.9. The molecule has 142 valence electrons. The Kier molecular flexibility index (Phi) is 5.65. The van der Waals surface area contributed by atoms with Gasteiger partial charge < -0.3 is 14.9 Å². The van der Waals surface area contributed by atoms with E-state index in [1.165, 1.54) is 30.5 Å². The van der Waals surface area contributed by atoms with Crippen molar-refractivity contribution in [2.75, 3.05) is 7.11 Å². The van der Waals surface area contributed by atoms with E-state index in [1.54, 1.807) is 36.5 Å². The number of methoxy groups -OCH3 is 1. The number of ether oxygens (including phenoxy) is 1. The predicted molar refractivity (Wildman–Crippen MR) is 98.1 cm³/mol. The molecular weight excluding hydrogens is 366 g/mol. The van der Waals surface area contributed by atoms with Gasteiger partial charge in [0.25, 0.3) is 5.91 Å². The van der Waals surface area contributed by atoms with E-state index in [1.807, 2.05) is 0 Å². The van der Waals surface area contributed by atoms with Crippen molar-refractivity contribution in [3.63, 3.8) is 0 Å².